The van der Waals surface area contributed by atoms with Crippen LogP contribution in [0.25, 0.3) is 0 Å². The monoisotopic (exact) mass is 271 g/mol. The Morgan fingerprint density at radius 1 is 1.21 bits per heavy atom. The van der Waals surface area contributed by atoms with Gasteiger partial charge in [0.15, 0.2) is 0 Å². The molecule has 0 spiro atoms. The van der Waals surface area contributed by atoms with E-state index in [1.54, 1.807) is 0 Å². The molecule has 0 unspecified atom stereocenters. The van der Waals surface area contributed by atoms with Gasteiger partial charge in [-0.15, -0.1) is 0 Å². The molecular weight excluding hydrogens is 238 g/mol. The van der Waals surface area contributed by atoms with E-state index in [-0.39, 0.29) is 0 Å². The maximum Gasteiger partial charge on any atom is 0.116 e. The van der Waals surface area contributed by atoms with Gasteiger partial charge in [-0.1, -0.05) is 19.3 Å². The maximum absolute atomic E-state index is 8.81. The van der Waals surface area contributed by atoms with E-state index in [1.165, 1.54) is 58.7 Å². The summed E-state index contributed by atoms with van der Waals surface area (Å²) in [4.78, 5) is 11.1. The molecule has 2 aliphatic rings. The Hall–Kier alpha value is -0.450. The summed E-state index contributed by atoms with van der Waals surface area (Å²) in [7, 11) is 4.20. The average molecular weight is 271 g/mol. The lowest BCUT2D eigenvalue weighted by Crippen LogP contribution is -2.40. The van der Waals surface area contributed by atoms with Crippen molar-refractivity contribution in [2.24, 2.45) is 5.92 Å². The van der Waals surface area contributed by atoms with Crippen LogP contribution in [0.3, 0.4) is 0 Å². The standard InChI is InChI=1S/C8H17N.C5H12N2.C2H4O/c1-9-7-8-5-3-2-4-6-8;1-7-4-2-6-3-5-7;1-2-3/h8-9H,2-7H2,1H3;6H,2-5H2,1H3;2H,1H3. The van der Waals surface area contributed by atoms with E-state index in [0.29, 0.717) is 0 Å². The number of likely N-dealkylation sites (N-methyl/N-ethyl adjacent to an activating group) is 1. The summed E-state index contributed by atoms with van der Waals surface area (Å²) in [6.07, 6.45) is 8.07. The second kappa shape index (κ2) is 14.0. The van der Waals surface area contributed by atoms with Crippen molar-refractivity contribution < 1.29 is 4.79 Å². The fraction of sp³-hybridized carbons (Fsp3) is 0.933. The van der Waals surface area contributed by atoms with Gasteiger partial charge in [0, 0.05) is 26.2 Å². The summed E-state index contributed by atoms with van der Waals surface area (Å²) < 4.78 is 0. The van der Waals surface area contributed by atoms with Crippen molar-refractivity contribution in [3.63, 3.8) is 0 Å². The highest BCUT2D eigenvalue weighted by Crippen LogP contribution is 2.22. The second-order valence-corrected chi connectivity index (χ2v) is 5.35. The van der Waals surface area contributed by atoms with Crippen molar-refractivity contribution in [3.8, 4) is 0 Å². The minimum absolute atomic E-state index is 0.750. The largest absolute Gasteiger partial charge is 0.319 e. The Balaban J connectivity index is 0.000000289. The minimum atomic E-state index is 0.750. The van der Waals surface area contributed by atoms with E-state index in [0.717, 1.165) is 25.3 Å². The van der Waals surface area contributed by atoms with E-state index in [9.17, 15) is 0 Å². The van der Waals surface area contributed by atoms with Crippen molar-refractivity contribution >= 4 is 6.29 Å². The van der Waals surface area contributed by atoms with Crippen LogP contribution >= 0.6 is 0 Å². The predicted molar refractivity (Wildman–Crippen MR) is 82.6 cm³/mol. The first-order valence-electron chi connectivity index (χ1n) is 7.68. The van der Waals surface area contributed by atoms with Crippen LogP contribution in [0.15, 0.2) is 0 Å². The Labute approximate surface area is 119 Å². The molecule has 2 fully saturated rings. The van der Waals surface area contributed by atoms with Gasteiger partial charge in [0.1, 0.15) is 6.29 Å². The van der Waals surface area contributed by atoms with Crippen molar-refractivity contribution in [2.45, 2.75) is 39.0 Å². The smallest absolute Gasteiger partial charge is 0.116 e. The van der Waals surface area contributed by atoms with Crippen molar-refractivity contribution in [2.75, 3.05) is 46.8 Å². The van der Waals surface area contributed by atoms with Gasteiger partial charge in [-0.3, -0.25) is 0 Å². The molecule has 0 aromatic heterocycles. The Morgan fingerprint density at radius 3 is 2.11 bits per heavy atom. The molecule has 0 amide bonds. The zero-order chi connectivity index (χ0) is 14.3. The van der Waals surface area contributed by atoms with Gasteiger partial charge in [0.05, 0.1) is 0 Å². The Morgan fingerprint density at radius 2 is 1.74 bits per heavy atom. The molecule has 0 atom stereocenters. The van der Waals surface area contributed by atoms with Crippen LogP contribution in [-0.4, -0.2) is 58.0 Å². The molecule has 0 bridgehead atoms. The number of nitrogens with zero attached hydrogens (tertiary/aromatic N) is 1. The van der Waals surface area contributed by atoms with E-state index in [1.807, 2.05) is 0 Å². The van der Waals surface area contributed by atoms with Gasteiger partial charge in [-0.25, -0.2) is 0 Å². The first kappa shape index (κ1) is 18.6. The molecule has 0 radical (unpaired) electrons. The molecule has 0 aromatic carbocycles. The molecule has 4 heteroatoms. The van der Waals surface area contributed by atoms with E-state index in [2.05, 4.69) is 29.6 Å². The minimum Gasteiger partial charge on any atom is -0.319 e. The number of rotatable bonds is 2. The summed E-state index contributed by atoms with van der Waals surface area (Å²) in [6.45, 7) is 7.42. The van der Waals surface area contributed by atoms with E-state index >= 15 is 0 Å². The number of aldehydes is 1. The van der Waals surface area contributed by atoms with E-state index < -0.39 is 0 Å². The van der Waals surface area contributed by atoms with Crippen LogP contribution in [0, 0.1) is 5.92 Å². The molecule has 1 heterocycles. The summed E-state index contributed by atoms with van der Waals surface area (Å²) in [5.74, 6) is 0.990. The summed E-state index contributed by atoms with van der Waals surface area (Å²) >= 11 is 0. The first-order valence-corrected chi connectivity index (χ1v) is 7.68. The van der Waals surface area contributed by atoms with Crippen molar-refractivity contribution in [1.82, 2.24) is 15.5 Å². The first-order chi connectivity index (χ1) is 9.24. The SMILES string of the molecule is CC=O.CN1CCNCC1.CNCC1CCCCC1. The van der Waals surface area contributed by atoms with Gasteiger partial charge >= 0.3 is 0 Å². The molecule has 4 nitrogen and oxygen atoms in total. The zero-order valence-electron chi connectivity index (χ0n) is 13.1. The third-order valence-corrected chi connectivity index (χ3v) is 3.56. The molecule has 2 rings (SSSR count). The quantitative estimate of drug-likeness (QED) is 0.747. The van der Waals surface area contributed by atoms with Gasteiger partial charge < -0.3 is 20.3 Å². The fourth-order valence-electron chi connectivity index (χ4n) is 2.46. The number of carbonyl (C=O) groups excluding carboxylic acids is 1. The zero-order valence-corrected chi connectivity index (χ0v) is 13.1. The highest BCUT2D eigenvalue weighted by Gasteiger charge is 2.11. The van der Waals surface area contributed by atoms with Crippen molar-refractivity contribution in [1.29, 1.82) is 0 Å². The van der Waals surface area contributed by atoms with Gasteiger partial charge in [0.2, 0.25) is 0 Å². The van der Waals surface area contributed by atoms with Crippen LogP contribution in [0.5, 0.6) is 0 Å². The van der Waals surface area contributed by atoms with E-state index in [4.69, 9.17) is 4.79 Å². The maximum atomic E-state index is 8.81. The molecular formula is C15H33N3O. The predicted octanol–water partition coefficient (Wildman–Crippen LogP) is 1.51. The van der Waals surface area contributed by atoms with Crippen LogP contribution in [0.4, 0.5) is 0 Å². The third kappa shape index (κ3) is 12.3. The second-order valence-electron chi connectivity index (χ2n) is 5.35. The topological polar surface area (TPSA) is 44.4 Å². The van der Waals surface area contributed by atoms with Crippen LogP contribution in [0.1, 0.15) is 39.0 Å². The molecule has 1 saturated heterocycles. The lowest BCUT2D eigenvalue weighted by Gasteiger charge is -2.21. The normalized spacial score (nSPS) is 20.6. The van der Waals surface area contributed by atoms with Crippen LogP contribution in [-0.2, 0) is 4.79 Å². The highest BCUT2D eigenvalue weighted by molar-refractivity contribution is 5.44. The number of nitrogens with one attached hydrogen (secondary N) is 2. The Bertz CT molecular complexity index is 185. The number of hydrogen-bond acceptors (Lipinski definition) is 4. The number of hydrogen-bond donors (Lipinski definition) is 2. The summed E-state index contributed by atoms with van der Waals surface area (Å²) in [5.41, 5.74) is 0. The molecule has 1 aliphatic heterocycles. The molecule has 19 heavy (non-hydrogen) atoms. The molecule has 1 aliphatic carbocycles. The molecule has 2 N–H and O–H groups in total. The lowest BCUT2D eigenvalue weighted by molar-refractivity contribution is -0.106. The Kier molecular flexibility index (Phi) is 13.6. The van der Waals surface area contributed by atoms with Crippen LogP contribution < -0.4 is 10.6 Å². The highest BCUT2D eigenvalue weighted by atomic mass is 16.1. The van der Waals surface area contributed by atoms with Gasteiger partial charge in [-0.2, -0.15) is 0 Å². The van der Waals surface area contributed by atoms with Gasteiger partial charge in [0.25, 0.3) is 0 Å². The fourth-order valence-corrected chi connectivity index (χ4v) is 2.46. The third-order valence-electron chi connectivity index (χ3n) is 3.56. The molecule has 114 valence electrons. The number of piperazine rings is 1. The van der Waals surface area contributed by atoms with Gasteiger partial charge in [-0.05, 0) is 46.3 Å². The van der Waals surface area contributed by atoms with Crippen molar-refractivity contribution in [3.05, 3.63) is 0 Å². The average Bonchev–Trinajstić information content (AvgIpc) is 2.43. The summed E-state index contributed by atoms with van der Waals surface area (Å²) in [6, 6.07) is 0. The molecule has 0 aromatic rings. The lowest BCUT2D eigenvalue weighted by atomic mass is 9.89. The number of carbonyl (C=O) groups is 1. The summed E-state index contributed by atoms with van der Waals surface area (Å²) in [5, 5.41) is 6.51. The molecule has 1 saturated carbocycles. The van der Waals surface area contributed by atoms with Crippen LogP contribution in [0.2, 0.25) is 0 Å².